The van der Waals surface area contributed by atoms with E-state index < -0.39 is 10.0 Å². The molecular formula is C20H24N2O4S2. The average molecular weight is 421 g/mol. The zero-order valence-corrected chi connectivity index (χ0v) is 18.0. The molecule has 0 unspecified atom stereocenters. The van der Waals surface area contributed by atoms with Crippen molar-refractivity contribution in [1.29, 1.82) is 0 Å². The first-order chi connectivity index (χ1) is 13.2. The molecular weight excluding hydrogens is 396 g/mol. The molecule has 1 aromatic heterocycles. The number of aryl methyl sites for hydroxylation is 2. The highest BCUT2D eigenvalue weighted by atomic mass is 32.2. The first kappa shape index (κ1) is 20.6. The number of hydrogen-bond acceptors (Lipinski definition) is 5. The van der Waals surface area contributed by atoms with Crippen molar-refractivity contribution in [3.05, 3.63) is 57.2 Å². The Bertz CT molecular complexity index is 1160. The van der Waals surface area contributed by atoms with Gasteiger partial charge in [0.15, 0.2) is 0 Å². The number of rotatable bonds is 7. The minimum Gasteiger partial charge on any atom is -0.492 e. The van der Waals surface area contributed by atoms with Crippen LogP contribution in [-0.4, -0.2) is 26.1 Å². The first-order valence-corrected chi connectivity index (χ1v) is 11.3. The van der Waals surface area contributed by atoms with Crippen LogP contribution in [0.3, 0.4) is 0 Å². The minimum absolute atomic E-state index is 0.0176. The van der Waals surface area contributed by atoms with Crippen molar-refractivity contribution in [1.82, 2.24) is 9.29 Å². The lowest BCUT2D eigenvalue weighted by atomic mass is 10.1. The van der Waals surface area contributed by atoms with Crippen LogP contribution < -0.4 is 14.3 Å². The normalized spacial score (nSPS) is 12.0. The van der Waals surface area contributed by atoms with Crippen LogP contribution in [0.5, 0.6) is 5.75 Å². The van der Waals surface area contributed by atoms with Gasteiger partial charge in [-0.15, -0.1) is 0 Å². The Labute approximate surface area is 168 Å². The first-order valence-electron chi connectivity index (χ1n) is 9.04. The van der Waals surface area contributed by atoms with E-state index in [0.717, 1.165) is 33.7 Å². The standard InChI is InChI=1S/C20H24N2O4S2/c1-13(2)22-17-8-7-16(12-19(17)27-20(22)23)28(24,25)21-9-10-26-18-11-14(3)5-6-15(18)4/h5-8,11-13,21H,9-10H2,1-4H3. The second-order valence-corrected chi connectivity index (χ2v) is 9.74. The molecule has 0 bridgehead atoms. The molecule has 1 heterocycles. The van der Waals surface area contributed by atoms with Crippen molar-refractivity contribution in [2.45, 2.75) is 38.6 Å². The van der Waals surface area contributed by atoms with Gasteiger partial charge in [-0.05, 0) is 63.1 Å². The highest BCUT2D eigenvalue weighted by Crippen LogP contribution is 2.24. The molecule has 2 aromatic carbocycles. The fraction of sp³-hybridized carbons (Fsp3) is 0.350. The number of hydrogen-bond donors (Lipinski definition) is 1. The van der Waals surface area contributed by atoms with Crippen molar-refractivity contribution in [3.63, 3.8) is 0 Å². The third-order valence-electron chi connectivity index (χ3n) is 4.41. The number of aromatic nitrogens is 1. The third-order valence-corrected chi connectivity index (χ3v) is 6.78. The molecule has 28 heavy (non-hydrogen) atoms. The molecule has 0 spiro atoms. The van der Waals surface area contributed by atoms with Crippen LogP contribution in [0.15, 0.2) is 46.1 Å². The summed E-state index contributed by atoms with van der Waals surface area (Å²) in [7, 11) is -3.68. The van der Waals surface area contributed by atoms with Crippen LogP contribution in [0.1, 0.15) is 31.0 Å². The Morgan fingerprint density at radius 2 is 1.89 bits per heavy atom. The van der Waals surface area contributed by atoms with Crippen LogP contribution in [0.4, 0.5) is 0 Å². The number of nitrogens with one attached hydrogen (secondary N) is 1. The number of nitrogens with zero attached hydrogens (tertiary/aromatic N) is 1. The Morgan fingerprint density at radius 3 is 2.61 bits per heavy atom. The molecule has 0 atom stereocenters. The van der Waals surface area contributed by atoms with Crippen molar-refractivity contribution in [2.24, 2.45) is 0 Å². The quantitative estimate of drug-likeness (QED) is 0.592. The molecule has 0 aliphatic carbocycles. The van der Waals surface area contributed by atoms with E-state index in [4.69, 9.17) is 4.74 Å². The van der Waals surface area contributed by atoms with E-state index in [9.17, 15) is 13.2 Å². The lowest BCUT2D eigenvalue weighted by Crippen LogP contribution is -2.28. The van der Waals surface area contributed by atoms with Crippen molar-refractivity contribution < 1.29 is 13.2 Å². The van der Waals surface area contributed by atoms with Gasteiger partial charge in [-0.3, -0.25) is 9.36 Å². The van der Waals surface area contributed by atoms with Crippen molar-refractivity contribution in [2.75, 3.05) is 13.2 Å². The van der Waals surface area contributed by atoms with Gasteiger partial charge >= 0.3 is 4.87 Å². The molecule has 0 saturated heterocycles. The van der Waals surface area contributed by atoms with E-state index >= 15 is 0 Å². The SMILES string of the molecule is Cc1ccc(C)c(OCCNS(=O)(=O)c2ccc3c(c2)sc(=O)n3C(C)C)c1. The second-order valence-electron chi connectivity index (χ2n) is 6.98. The molecule has 3 rings (SSSR count). The Hall–Kier alpha value is -2.16. The zero-order chi connectivity index (χ0) is 20.5. The lowest BCUT2D eigenvalue weighted by Gasteiger charge is -2.11. The number of ether oxygens (including phenoxy) is 1. The minimum atomic E-state index is -3.68. The van der Waals surface area contributed by atoms with E-state index in [2.05, 4.69) is 4.72 Å². The summed E-state index contributed by atoms with van der Waals surface area (Å²) >= 11 is 1.06. The summed E-state index contributed by atoms with van der Waals surface area (Å²) in [4.78, 5) is 12.2. The maximum atomic E-state index is 12.6. The van der Waals surface area contributed by atoms with E-state index in [-0.39, 0.29) is 29.0 Å². The van der Waals surface area contributed by atoms with Gasteiger partial charge in [0.1, 0.15) is 12.4 Å². The largest absolute Gasteiger partial charge is 0.492 e. The smallest absolute Gasteiger partial charge is 0.308 e. The number of thiazole rings is 1. The van der Waals surface area contributed by atoms with Gasteiger partial charge in [0.2, 0.25) is 10.0 Å². The van der Waals surface area contributed by atoms with Crippen molar-refractivity contribution >= 4 is 31.6 Å². The van der Waals surface area contributed by atoms with Gasteiger partial charge < -0.3 is 4.74 Å². The fourth-order valence-electron chi connectivity index (χ4n) is 2.96. The zero-order valence-electron chi connectivity index (χ0n) is 16.4. The topological polar surface area (TPSA) is 77.4 Å². The molecule has 3 aromatic rings. The van der Waals surface area contributed by atoms with Crippen LogP contribution in [-0.2, 0) is 10.0 Å². The van der Waals surface area contributed by atoms with Crippen LogP contribution >= 0.6 is 11.3 Å². The number of fused-ring (bicyclic) bond motifs is 1. The number of sulfonamides is 1. The molecule has 0 aliphatic heterocycles. The summed E-state index contributed by atoms with van der Waals surface area (Å²) in [6.07, 6.45) is 0. The van der Waals surface area contributed by atoms with Gasteiger partial charge in [-0.2, -0.15) is 0 Å². The number of benzene rings is 2. The molecule has 0 saturated carbocycles. The van der Waals surface area contributed by atoms with Crippen LogP contribution in [0.25, 0.3) is 10.2 Å². The molecule has 150 valence electrons. The predicted octanol–water partition coefficient (Wildman–Crippen LogP) is 3.62. The maximum Gasteiger partial charge on any atom is 0.308 e. The third kappa shape index (κ3) is 4.29. The van der Waals surface area contributed by atoms with Crippen molar-refractivity contribution in [3.8, 4) is 5.75 Å². The van der Waals surface area contributed by atoms with Gasteiger partial charge in [-0.1, -0.05) is 23.5 Å². The lowest BCUT2D eigenvalue weighted by molar-refractivity contribution is 0.320. The summed E-state index contributed by atoms with van der Waals surface area (Å²) in [6.45, 7) is 8.15. The second kappa shape index (κ2) is 8.06. The van der Waals surface area contributed by atoms with Gasteiger partial charge in [0.25, 0.3) is 0 Å². The summed E-state index contributed by atoms with van der Waals surface area (Å²) in [5.41, 5.74) is 2.84. The molecule has 6 nitrogen and oxygen atoms in total. The fourth-order valence-corrected chi connectivity index (χ4v) is 5.12. The molecule has 1 N–H and O–H groups in total. The Balaban J connectivity index is 1.70. The predicted molar refractivity (Wildman–Crippen MR) is 113 cm³/mol. The van der Waals surface area contributed by atoms with E-state index in [1.807, 2.05) is 45.9 Å². The highest BCUT2D eigenvalue weighted by Gasteiger charge is 2.17. The van der Waals surface area contributed by atoms with E-state index in [1.165, 1.54) is 6.07 Å². The summed E-state index contributed by atoms with van der Waals surface area (Å²) < 4.78 is 35.8. The van der Waals surface area contributed by atoms with Crippen LogP contribution in [0, 0.1) is 13.8 Å². The average Bonchev–Trinajstić information content (AvgIpc) is 2.96. The molecule has 0 radical (unpaired) electrons. The van der Waals surface area contributed by atoms with Gasteiger partial charge in [-0.25, -0.2) is 13.1 Å². The molecule has 8 heteroatoms. The summed E-state index contributed by atoms with van der Waals surface area (Å²) in [5, 5.41) is 0. The maximum absolute atomic E-state index is 12.6. The summed E-state index contributed by atoms with van der Waals surface area (Å²) in [6, 6.07) is 10.7. The van der Waals surface area contributed by atoms with Gasteiger partial charge in [0, 0.05) is 12.6 Å². The van der Waals surface area contributed by atoms with Gasteiger partial charge in [0.05, 0.1) is 15.1 Å². The molecule has 0 aliphatic rings. The molecule has 0 amide bonds. The van der Waals surface area contributed by atoms with E-state index in [1.54, 1.807) is 16.7 Å². The Kier molecular flexibility index (Phi) is 5.92. The Morgan fingerprint density at radius 1 is 1.14 bits per heavy atom. The van der Waals surface area contributed by atoms with E-state index in [0.29, 0.717) is 4.70 Å². The van der Waals surface area contributed by atoms with Crippen LogP contribution in [0.2, 0.25) is 0 Å². The monoisotopic (exact) mass is 420 g/mol. The summed E-state index contributed by atoms with van der Waals surface area (Å²) in [5.74, 6) is 0.750. The molecule has 0 fully saturated rings. The highest BCUT2D eigenvalue weighted by molar-refractivity contribution is 7.89.